The van der Waals surface area contributed by atoms with Crippen LogP contribution >= 0.6 is 0 Å². The van der Waals surface area contributed by atoms with E-state index < -0.39 is 0 Å². The molecule has 0 aliphatic rings. The Balaban J connectivity index is 2.30. The Morgan fingerprint density at radius 3 is 2.64 bits per heavy atom. The van der Waals surface area contributed by atoms with E-state index in [1.165, 1.54) is 11.1 Å². The summed E-state index contributed by atoms with van der Waals surface area (Å²) in [6.07, 6.45) is 2.84. The quantitative estimate of drug-likeness (QED) is 0.804. The highest BCUT2D eigenvalue weighted by Gasteiger charge is 2.17. The fourth-order valence-electron chi connectivity index (χ4n) is 2.80. The summed E-state index contributed by atoms with van der Waals surface area (Å²) in [5, 5.41) is 0. The predicted octanol–water partition coefficient (Wildman–Crippen LogP) is 3.13. The number of nitrogens with two attached hydrogens (primary N) is 1. The van der Waals surface area contributed by atoms with Gasteiger partial charge >= 0.3 is 0 Å². The Morgan fingerprint density at radius 2 is 1.91 bits per heavy atom. The molecule has 4 heteroatoms. The molecule has 0 amide bonds. The molecule has 0 unspecified atom stereocenters. The molecule has 0 fully saturated rings. The van der Waals surface area contributed by atoms with Crippen LogP contribution in [-0.4, -0.2) is 23.0 Å². The highest BCUT2D eigenvalue weighted by Crippen LogP contribution is 2.33. The van der Waals surface area contributed by atoms with Gasteiger partial charge in [0, 0.05) is 18.2 Å². The molecule has 0 bridgehead atoms. The molecule has 0 saturated carbocycles. The van der Waals surface area contributed by atoms with Gasteiger partial charge in [-0.2, -0.15) is 0 Å². The van der Waals surface area contributed by atoms with Crippen LogP contribution in [0.4, 0.5) is 0 Å². The highest BCUT2D eigenvalue weighted by atomic mass is 16.5. The molecule has 114 valence electrons. The van der Waals surface area contributed by atoms with Gasteiger partial charge in [0.2, 0.25) is 0 Å². The van der Waals surface area contributed by atoms with E-state index in [0.717, 1.165) is 34.8 Å². The zero-order valence-corrected chi connectivity index (χ0v) is 13.3. The van der Waals surface area contributed by atoms with Crippen molar-refractivity contribution in [3.05, 3.63) is 53.3 Å². The molecular formula is C18H21N3O. The van der Waals surface area contributed by atoms with Gasteiger partial charge in [0.15, 0.2) is 0 Å². The van der Waals surface area contributed by atoms with E-state index in [4.69, 9.17) is 15.5 Å². The fourth-order valence-corrected chi connectivity index (χ4v) is 2.80. The smallest absolute Gasteiger partial charge is 0.137 e. The molecule has 3 aromatic rings. The van der Waals surface area contributed by atoms with Crippen LogP contribution in [0.3, 0.4) is 0 Å². The normalized spacial score (nSPS) is 11.1. The summed E-state index contributed by atoms with van der Waals surface area (Å²) < 4.78 is 7.65. The van der Waals surface area contributed by atoms with Crippen molar-refractivity contribution >= 4 is 5.65 Å². The maximum atomic E-state index is 5.82. The van der Waals surface area contributed by atoms with Crippen molar-refractivity contribution in [3.63, 3.8) is 0 Å². The summed E-state index contributed by atoms with van der Waals surface area (Å²) in [5.74, 6) is 0.837. The van der Waals surface area contributed by atoms with Crippen LogP contribution < -0.4 is 10.5 Å². The number of rotatable bonds is 4. The first kappa shape index (κ1) is 14.6. The number of imidazole rings is 1. The summed E-state index contributed by atoms with van der Waals surface area (Å²) >= 11 is 0. The van der Waals surface area contributed by atoms with Gasteiger partial charge in [-0.05, 0) is 50.2 Å². The van der Waals surface area contributed by atoms with Crippen molar-refractivity contribution in [3.8, 4) is 17.0 Å². The molecule has 2 heterocycles. The average Bonchev–Trinajstić information content (AvgIpc) is 2.85. The number of fused-ring (bicyclic) bond motifs is 1. The molecule has 1 aromatic carbocycles. The number of aryl methyl sites for hydroxylation is 2. The van der Waals surface area contributed by atoms with Gasteiger partial charge in [0.1, 0.15) is 11.4 Å². The zero-order chi connectivity index (χ0) is 15.7. The molecule has 0 saturated heterocycles. The third kappa shape index (κ3) is 2.46. The Morgan fingerprint density at radius 1 is 1.14 bits per heavy atom. The maximum absolute atomic E-state index is 5.82. The molecule has 0 aliphatic heterocycles. The number of nitrogens with zero attached hydrogens (tertiary/aromatic N) is 2. The molecule has 0 aliphatic carbocycles. The van der Waals surface area contributed by atoms with Crippen LogP contribution in [0.2, 0.25) is 0 Å². The number of methoxy groups -OCH3 is 1. The first-order valence-corrected chi connectivity index (χ1v) is 7.46. The van der Waals surface area contributed by atoms with E-state index >= 15 is 0 Å². The average molecular weight is 295 g/mol. The number of ether oxygens (including phenoxy) is 1. The molecule has 0 atom stereocenters. The number of aromatic nitrogens is 2. The SMILES string of the molecule is COc1ccc(C)cc1-c1nc2cc(C)ccn2c1CCN. The first-order chi connectivity index (χ1) is 10.6. The first-order valence-electron chi connectivity index (χ1n) is 7.46. The predicted molar refractivity (Wildman–Crippen MR) is 89.4 cm³/mol. The minimum Gasteiger partial charge on any atom is -0.496 e. The van der Waals surface area contributed by atoms with E-state index in [-0.39, 0.29) is 0 Å². The third-order valence-corrected chi connectivity index (χ3v) is 3.87. The van der Waals surface area contributed by atoms with Crippen molar-refractivity contribution in [2.45, 2.75) is 20.3 Å². The van der Waals surface area contributed by atoms with Gasteiger partial charge < -0.3 is 14.9 Å². The fraction of sp³-hybridized carbons (Fsp3) is 0.278. The van der Waals surface area contributed by atoms with Gasteiger partial charge in [0.25, 0.3) is 0 Å². The molecule has 0 radical (unpaired) electrons. The molecule has 2 N–H and O–H groups in total. The lowest BCUT2D eigenvalue weighted by Gasteiger charge is -2.09. The number of benzene rings is 1. The van der Waals surface area contributed by atoms with Crippen molar-refractivity contribution in [1.82, 2.24) is 9.38 Å². The van der Waals surface area contributed by atoms with Crippen LogP contribution in [0.15, 0.2) is 36.5 Å². The Hall–Kier alpha value is -2.33. The van der Waals surface area contributed by atoms with Gasteiger partial charge in [-0.1, -0.05) is 11.6 Å². The van der Waals surface area contributed by atoms with Crippen LogP contribution in [0.5, 0.6) is 5.75 Å². The van der Waals surface area contributed by atoms with Crippen molar-refractivity contribution in [2.24, 2.45) is 5.73 Å². The lowest BCUT2D eigenvalue weighted by Crippen LogP contribution is -2.06. The van der Waals surface area contributed by atoms with Gasteiger partial charge in [-0.25, -0.2) is 4.98 Å². The van der Waals surface area contributed by atoms with E-state index in [1.807, 2.05) is 12.1 Å². The second kappa shape index (κ2) is 5.81. The molecule has 0 spiro atoms. The van der Waals surface area contributed by atoms with Crippen LogP contribution in [0.25, 0.3) is 16.9 Å². The minimum atomic E-state index is 0.586. The molecule has 2 aromatic heterocycles. The Labute approximate surface area is 130 Å². The van der Waals surface area contributed by atoms with E-state index in [9.17, 15) is 0 Å². The minimum absolute atomic E-state index is 0.586. The van der Waals surface area contributed by atoms with Gasteiger partial charge in [-0.3, -0.25) is 0 Å². The van der Waals surface area contributed by atoms with Crippen molar-refractivity contribution in [2.75, 3.05) is 13.7 Å². The van der Waals surface area contributed by atoms with Crippen LogP contribution in [0.1, 0.15) is 16.8 Å². The largest absolute Gasteiger partial charge is 0.496 e. The van der Waals surface area contributed by atoms with Crippen LogP contribution in [-0.2, 0) is 6.42 Å². The van der Waals surface area contributed by atoms with E-state index in [0.29, 0.717) is 6.54 Å². The summed E-state index contributed by atoms with van der Waals surface area (Å²) in [5.41, 5.74) is 12.2. The third-order valence-electron chi connectivity index (χ3n) is 3.87. The van der Waals surface area contributed by atoms with Gasteiger partial charge in [-0.15, -0.1) is 0 Å². The number of hydrogen-bond acceptors (Lipinski definition) is 3. The summed E-state index contributed by atoms with van der Waals surface area (Å²) in [4.78, 5) is 4.84. The lowest BCUT2D eigenvalue weighted by atomic mass is 10.0. The highest BCUT2D eigenvalue weighted by molar-refractivity contribution is 5.73. The summed E-state index contributed by atoms with van der Waals surface area (Å²) in [7, 11) is 1.69. The summed E-state index contributed by atoms with van der Waals surface area (Å²) in [6, 6.07) is 10.3. The Kier molecular flexibility index (Phi) is 3.86. The van der Waals surface area contributed by atoms with E-state index in [2.05, 4.69) is 42.6 Å². The molecule has 3 rings (SSSR count). The molecule has 4 nitrogen and oxygen atoms in total. The van der Waals surface area contributed by atoms with Crippen LogP contribution in [0, 0.1) is 13.8 Å². The van der Waals surface area contributed by atoms with Crippen molar-refractivity contribution in [1.29, 1.82) is 0 Å². The van der Waals surface area contributed by atoms with Crippen molar-refractivity contribution < 1.29 is 4.74 Å². The molecular weight excluding hydrogens is 274 g/mol. The Bertz CT molecular complexity index is 821. The number of pyridine rings is 1. The standard InChI is InChI=1S/C18H21N3O/c1-12-4-5-16(22-3)14(10-12)18-15(6-8-19)21-9-7-13(2)11-17(21)20-18/h4-5,7,9-11H,6,8,19H2,1-3H3. The maximum Gasteiger partial charge on any atom is 0.137 e. The topological polar surface area (TPSA) is 52.5 Å². The monoisotopic (exact) mass is 295 g/mol. The summed E-state index contributed by atoms with van der Waals surface area (Å²) in [6.45, 7) is 4.73. The second-order valence-corrected chi connectivity index (χ2v) is 5.58. The lowest BCUT2D eigenvalue weighted by molar-refractivity contribution is 0.416. The van der Waals surface area contributed by atoms with E-state index in [1.54, 1.807) is 7.11 Å². The number of hydrogen-bond donors (Lipinski definition) is 1. The second-order valence-electron chi connectivity index (χ2n) is 5.58. The zero-order valence-electron chi connectivity index (χ0n) is 13.3. The van der Waals surface area contributed by atoms with Gasteiger partial charge in [0.05, 0.1) is 18.5 Å². The molecule has 22 heavy (non-hydrogen) atoms.